The molecule has 0 spiro atoms. The molecule has 186 valence electrons. The number of alkyl halides is 3. The molecule has 0 bridgehead atoms. The van der Waals surface area contributed by atoms with Crippen molar-refractivity contribution in [2.24, 2.45) is 5.73 Å². The van der Waals surface area contributed by atoms with Gasteiger partial charge in [-0.25, -0.2) is 4.98 Å². The molecule has 12 heteroatoms. The van der Waals surface area contributed by atoms with Gasteiger partial charge in [-0.2, -0.15) is 18.2 Å². The number of nitrogens with zero attached hydrogens (tertiary/aromatic N) is 3. The Bertz CT molecular complexity index is 1330. The molecule has 1 unspecified atom stereocenters. The number of carboxylic acids is 1. The third-order valence-corrected chi connectivity index (χ3v) is 5.26. The summed E-state index contributed by atoms with van der Waals surface area (Å²) in [4.78, 5) is 18.8. The highest BCUT2D eigenvalue weighted by Gasteiger charge is 2.43. The van der Waals surface area contributed by atoms with Crippen LogP contribution in [0.5, 0.6) is 5.88 Å². The second-order valence-corrected chi connectivity index (χ2v) is 7.87. The molecule has 5 N–H and O–H groups in total. The summed E-state index contributed by atoms with van der Waals surface area (Å²) in [6.45, 7) is 0. The van der Waals surface area contributed by atoms with Gasteiger partial charge in [0.2, 0.25) is 17.9 Å². The Labute approximate surface area is 202 Å². The summed E-state index contributed by atoms with van der Waals surface area (Å²) < 4.78 is 51.8. The maximum Gasteiger partial charge on any atom is 0.429 e. The Morgan fingerprint density at radius 2 is 1.69 bits per heavy atom. The lowest BCUT2D eigenvalue weighted by molar-refractivity contribution is -0.198. The SMILES string of the molecule is Nc1nc(O[C@@H](c2ccc(-c3cnoc3)cc2)C(F)(F)F)cc(-c2ccc(CC(N)C(=O)O)cc2)n1. The Morgan fingerprint density at radius 3 is 2.28 bits per heavy atom. The second kappa shape index (κ2) is 10.0. The van der Waals surface area contributed by atoms with Crippen molar-refractivity contribution in [1.29, 1.82) is 0 Å². The van der Waals surface area contributed by atoms with E-state index in [9.17, 15) is 18.0 Å². The van der Waals surface area contributed by atoms with Crippen molar-refractivity contribution in [1.82, 2.24) is 15.1 Å². The van der Waals surface area contributed by atoms with Gasteiger partial charge in [0.25, 0.3) is 0 Å². The average molecular weight is 499 g/mol. The highest BCUT2D eigenvalue weighted by atomic mass is 19.4. The molecule has 2 aromatic heterocycles. The first-order valence-electron chi connectivity index (χ1n) is 10.6. The van der Waals surface area contributed by atoms with Gasteiger partial charge in [0.05, 0.1) is 11.9 Å². The molecule has 0 radical (unpaired) electrons. The van der Waals surface area contributed by atoms with Gasteiger partial charge in [-0.05, 0) is 17.5 Å². The third-order valence-electron chi connectivity index (χ3n) is 5.26. The summed E-state index contributed by atoms with van der Waals surface area (Å²) in [6, 6.07) is 12.3. The fourth-order valence-corrected chi connectivity index (χ4v) is 3.45. The van der Waals surface area contributed by atoms with Crippen molar-refractivity contribution < 1.29 is 32.3 Å². The monoisotopic (exact) mass is 499 g/mol. The molecular formula is C24H20F3N5O4. The Hall–Kier alpha value is -4.45. The van der Waals surface area contributed by atoms with E-state index in [1.165, 1.54) is 42.8 Å². The fraction of sp³-hybridized carbons (Fsp3) is 0.167. The molecule has 4 rings (SSSR count). The van der Waals surface area contributed by atoms with E-state index in [0.717, 1.165) is 0 Å². The fourth-order valence-electron chi connectivity index (χ4n) is 3.45. The number of hydrogen-bond donors (Lipinski definition) is 3. The summed E-state index contributed by atoms with van der Waals surface area (Å²) in [5.74, 6) is -1.76. The third kappa shape index (κ3) is 5.78. The maximum absolute atomic E-state index is 13.9. The zero-order valence-electron chi connectivity index (χ0n) is 18.5. The summed E-state index contributed by atoms with van der Waals surface area (Å²) in [7, 11) is 0. The van der Waals surface area contributed by atoms with Crippen LogP contribution < -0.4 is 16.2 Å². The molecule has 4 aromatic rings. The van der Waals surface area contributed by atoms with Crippen molar-refractivity contribution in [2.45, 2.75) is 24.7 Å². The minimum atomic E-state index is -4.75. The number of aliphatic carboxylic acids is 1. The largest absolute Gasteiger partial charge is 0.480 e. The molecule has 9 nitrogen and oxygen atoms in total. The standard InChI is InChI=1S/C24H20F3N5O4/c25-24(26,27)21(16-7-5-14(6-8-16)17-11-30-35-12-17)36-20-10-19(31-23(29)32-20)15-3-1-13(2-4-15)9-18(28)22(33)34/h1-8,10-12,18,21H,9,28H2,(H,33,34)(H2,29,31,32)/t18?,21-/m0/s1. The first kappa shape index (κ1) is 24.7. The number of halogens is 3. The van der Waals surface area contributed by atoms with E-state index in [0.29, 0.717) is 22.3 Å². The number of ether oxygens (including phenoxy) is 1. The van der Waals surface area contributed by atoms with Crippen LogP contribution in [0.15, 0.2) is 71.6 Å². The molecule has 0 saturated carbocycles. The highest BCUT2D eigenvalue weighted by molar-refractivity contribution is 5.73. The smallest absolute Gasteiger partial charge is 0.429 e. The number of nitrogen functional groups attached to an aromatic ring is 1. The van der Waals surface area contributed by atoms with E-state index in [-0.39, 0.29) is 29.5 Å². The first-order chi connectivity index (χ1) is 17.1. The van der Waals surface area contributed by atoms with Gasteiger partial charge in [0.1, 0.15) is 12.3 Å². The van der Waals surface area contributed by atoms with E-state index in [2.05, 4.69) is 15.1 Å². The number of rotatable bonds is 8. The van der Waals surface area contributed by atoms with Crippen molar-refractivity contribution in [2.75, 3.05) is 5.73 Å². The van der Waals surface area contributed by atoms with Crippen molar-refractivity contribution in [3.63, 3.8) is 0 Å². The van der Waals surface area contributed by atoms with Crippen LogP contribution in [0.3, 0.4) is 0 Å². The molecule has 0 fully saturated rings. The van der Waals surface area contributed by atoms with Gasteiger partial charge in [0, 0.05) is 22.8 Å². The lowest BCUT2D eigenvalue weighted by atomic mass is 10.0. The van der Waals surface area contributed by atoms with Crippen molar-refractivity contribution in [3.05, 3.63) is 78.2 Å². The predicted molar refractivity (Wildman–Crippen MR) is 123 cm³/mol. The molecule has 0 aliphatic heterocycles. The molecule has 0 aliphatic rings. The Balaban J connectivity index is 1.58. The minimum absolute atomic E-state index is 0.110. The summed E-state index contributed by atoms with van der Waals surface area (Å²) >= 11 is 0. The van der Waals surface area contributed by atoms with E-state index >= 15 is 0 Å². The van der Waals surface area contributed by atoms with Gasteiger partial charge < -0.3 is 25.8 Å². The van der Waals surface area contributed by atoms with Gasteiger partial charge in [-0.15, -0.1) is 0 Å². The minimum Gasteiger partial charge on any atom is -0.480 e. The van der Waals surface area contributed by atoms with Crippen LogP contribution in [0.1, 0.15) is 17.2 Å². The lowest BCUT2D eigenvalue weighted by Crippen LogP contribution is -2.32. The van der Waals surface area contributed by atoms with Crippen molar-refractivity contribution >= 4 is 11.9 Å². The van der Waals surface area contributed by atoms with Gasteiger partial charge in [0.15, 0.2) is 0 Å². The van der Waals surface area contributed by atoms with Crippen LogP contribution in [0.2, 0.25) is 0 Å². The zero-order chi connectivity index (χ0) is 25.9. The molecule has 2 heterocycles. The summed E-state index contributed by atoms with van der Waals surface area (Å²) in [6.07, 6.45) is -4.12. The summed E-state index contributed by atoms with van der Waals surface area (Å²) in [5.41, 5.74) is 13.8. The van der Waals surface area contributed by atoms with Crippen LogP contribution in [-0.2, 0) is 11.2 Å². The Kier molecular flexibility index (Phi) is 6.88. The number of carboxylic acid groups (broad SMARTS) is 1. The lowest BCUT2D eigenvalue weighted by Gasteiger charge is -2.22. The van der Waals surface area contributed by atoms with Gasteiger partial charge in [-0.1, -0.05) is 53.7 Å². The molecule has 0 saturated heterocycles. The van der Waals surface area contributed by atoms with Crippen LogP contribution >= 0.6 is 0 Å². The first-order valence-corrected chi connectivity index (χ1v) is 10.6. The van der Waals surface area contributed by atoms with E-state index in [1.54, 1.807) is 24.3 Å². The van der Waals surface area contributed by atoms with E-state index in [4.69, 9.17) is 25.8 Å². The quantitative estimate of drug-likeness (QED) is 0.327. The molecule has 2 aromatic carbocycles. The normalized spacial score (nSPS) is 13.2. The maximum atomic E-state index is 13.9. The molecule has 0 aliphatic carbocycles. The molecule has 0 amide bonds. The van der Waals surface area contributed by atoms with Crippen LogP contribution in [0.4, 0.5) is 19.1 Å². The number of carbonyl (C=O) groups is 1. The van der Waals surface area contributed by atoms with Gasteiger partial charge >= 0.3 is 12.1 Å². The van der Waals surface area contributed by atoms with Crippen LogP contribution in [0, 0.1) is 0 Å². The number of benzene rings is 2. The average Bonchev–Trinajstić information content (AvgIpc) is 3.37. The van der Waals surface area contributed by atoms with E-state index in [1.807, 2.05) is 0 Å². The number of anilines is 1. The second-order valence-electron chi connectivity index (χ2n) is 7.87. The summed E-state index contributed by atoms with van der Waals surface area (Å²) in [5, 5.41) is 12.5. The van der Waals surface area contributed by atoms with Crippen LogP contribution in [0.25, 0.3) is 22.4 Å². The van der Waals surface area contributed by atoms with Crippen molar-refractivity contribution in [3.8, 4) is 28.3 Å². The van der Waals surface area contributed by atoms with E-state index < -0.39 is 24.3 Å². The van der Waals surface area contributed by atoms with Crippen LogP contribution in [-0.4, -0.2) is 38.4 Å². The molecule has 2 atom stereocenters. The topological polar surface area (TPSA) is 150 Å². The number of hydrogen-bond acceptors (Lipinski definition) is 8. The molecular weight excluding hydrogens is 479 g/mol. The van der Waals surface area contributed by atoms with Gasteiger partial charge in [-0.3, -0.25) is 4.79 Å². The Morgan fingerprint density at radius 1 is 1.03 bits per heavy atom. The number of aromatic nitrogens is 3. The zero-order valence-corrected chi connectivity index (χ0v) is 18.5. The highest BCUT2D eigenvalue weighted by Crippen LogP contribution is 2.38. The number of nitrogens with two attached hydrogens (primary N) is 2. The molecule has 36 heavy (non-hydrogen) atoms. The predicted octanol–water partition coefficient (Wildman–Crippen LogP) is 4.02.